The molecule has 2 aromatic rings. The highest BCUT2D eigenvalue weighted by molar-refractivity contribution is 5.77. The van der Waals surface area contributed by atoms with Crippen LogP contribution in [0.1, 0.15) is 53.3 Å². The SMILES string of the molecule is O=Cc1ccc(CN2C[C@@H](c3ccccc3)OC(=O)CC/C=C/CCC2=O)cc1. The van der Waals surface area contributed by atoms with E-state index in [1.54, 1.807) is 17.0 Å². The zero-order valence-corrected chi connectivity index (χ0v) is 16.3. The van der Waals surface area contributed by atoms with Gasteiger partial charge in [-0.15, -0.1) is 0 Å². The van der Waals surface area contributed by atoms with Gasteiger partial charge in [0, 0.05) is 24.9 Å². The Labute approximate surface area is 171 Å². The summed E-state index contributed by atoms with van der Waals surface area (Å²) in [7, 11) is 0. The molecule has 0 saturated heterocycles. The first kappa shape index (κ1) is 20.5. The lowest BCUT2D eigenvalue weighted by Gasteiger charge is -2.28. The third kappa shape index (κ3) is 6.14. The molecule has 0 radical (unpaired) electrons. The second-order valence-electron chi connectivity index (χ2n) is 7.07. The zero-order valence-electron chi connectivity index (χ0n) is 16.3. The summed E-state index contributed by atoms with van der Waals surface area (Å²) >= 11 is 0. The quantitative estimate of drug-likeness (QED) is 0.444. The molecule has 150 valence electrons. The molecular weight excluding hydrogens is 366 g/mol. The Balaban J connectivity index is 1.86. The van der Waals surface area contributed by atoms with Gasteiger partial charge in [-0.2, -0.15) is 0 Å². The summed E-state index contributed by atoms with van der Waals surface area (Å²) < 4.78 is 5.75. The molecule has 1 atom stereocenters. The second-order valence-corrected chi connectivity index (χ2v) is 7.07. The van der Waals surface area contributed by atoms with Crippen molar-refractivity contribution in [2.24, 2.45) is 0 Å². The molecule has 1 aliphatic rings. The fraction of sp³-hybridized carbons (Fsp3) is 0.292. The molecule has 0 bridgehead atoms. The summed E-state index contributed by atoms with van der Waals surface area (Å²) in [6.45, 7) is 0.677. The number of carbonyl (C=O) groups is 3. The van der Waals surface area contributed by atoms with E-state index in [0.29, 0.717) is 37.8 Å². The van der Waals surface area contributed by atoms with Gasteiger partial charge < -0.3 is 9.64 Å². The maximum absolute atomic E-state index is 12.9. The maximum Gasteiger partial charge on any atom is 0.306 e. The van der Waals surface area contributed by atoms with Gasteiger partial charge in [-0.05, 0) is 24.0 Å². The number of hydrogen-bond acceptors (Lipinski definition) is 4. The van der Waals surface area contributed by atoms with Crippen LogP contribution in [0.2, 0.25) is 0 Å². The van der Waals surface area contributed by atoms with Crippen molar-refractivity contribution in [2.75, 3.05) is 6.54 Å². The first-order valence-corrected chi connectivity index (χ1v) is 9.87. The lowest BCUT2D eigenvalue weighted by atomic mass is 10.1. The summed E-state index contributed by atoms with van der Waals surface area (Å²) in [5, 5.41) is 0. The minimum atomic E-state index is -0.523. The molecule has 2 aromatic carbocycles. The van der Waals surface area contributed by atoms with Crippen LogP contribution in [-0.4, -0.2) is 29.6 Å². The highest BCUT2D eigenvalue weighted by Gasteiger charge is 2.23. The number of rotatable bonds is 4. The first-order chi connectivity index (χ1) is 14.2. The molecule has 1 amide bonds. The van der Waals surface area contributed by atoms with Crippen LogP contribution < -0.4 is 0 Å². The van der Waals surface area contributed by atoms with E-state index in [1.165, 1.54) is 0 Å². The molecule has 0 saturated carbocycles. The van der Waals surface area contributed by atoms with Crippen LogP contribution in [0.5, 0.6) is 0 Å². The molecule has 0 aliphatic carbocycles. The van der Waals surface area contributed by atoms with Crippen LogP contribution in [0.25, 0.3) is 0 Å². The Morgan fingerprint density at radius 1 is 0.931 bits per heavy atom. The standard InChI is InChI=1S/C24H25NO4/c26-18-20-14-12-19(13-15-20)16-25-17-22(21-8-4-3-5-9-21)29-24(28)11-7-2-1-6-10-23(25)27/h1-5,8-9,12-15,18,22H,6-7,10-11,16-17H2/b2-1+/t22-/m0/s1. The summed E-state index contributed by atoms with van der Waals surface area (Å²) in [4.78, 5) is 37.8. The Kier molecular flexibility index (Phi) is 7.34. The number of allylic oxidation sites excluding steroid dienone is 2. The van der Waals surface area contributed by atoms with Crippen molar-refractivity contribution >= 4 is 18.2 Å². The fourth-order valence-corrected chi connectivity index (χ4v) is 3.27. The van der Waals surface area contributed by atoms with Crippen LogP contribution in [0.4, 0.5) is 0 Å². The van der Waals surface area contributed by atoms with Gasteiger partial charge in [0.05, 0.1) is 6.54 Å². The van der Waals surface area contributed by atoms with Crippen LogP contribution >= 0.6 is 0 Å². The van der Waals surface area contributed by atoms with E-state index < -0.39 is 6.10 Å². The van der Waals surface area contributed by atoms with Crippen LogP contribution in [0.3, 0.4) is 0 Å². The minimum absolute atomic E-state index is 0.00617. The van der Waals surface area contributed by atoms with E-state index in [9.17, 15) is 14.4 Å². The molecule has 0 fully saturated rings. The average Bonchev–Trinajstić information content (AvgIpc) is 2.75. The summed E-state index contributed by atoms with van der Waals surface area (Å²) in [5.41, 5.74) is 2.38. The number of aldehydes is 1. The van der Waals surface area contributed by atoms with Crippen molar-refractivity contribution in [1.82, 2.24) is 4.90 Å². The number of benzene rings is 2. The lowest BCUT2D eigenvalue weighted by Crippen LogP contribution is -2.35. The predicted octanol–water partition coefficient (Wildman–Crippen LogP) is 4.24. The summed E-state index contributed by atoms with van der Waals surface area (Å²) in [6.07, 6.45) is 6.12. The lowest BCUT2D eigenvalue weighted by molar-refractivity contribution is -0.152. The highest BCUT2D eigenvalue weighted by Crippen LogP contribution is 2.22. The van der Waals surface area contributed by atoms with E-state index in [2.05, 4.69) is 0 Å². The highest BCUT2D eigenvalue weighted by atomic mass is 16.5. The van der Waals surface area contributed by atoms with E-state index in [4.69, 9.17) is 4.74 Å². The molecule has 0 N–H and O–H groups in total. The number of ether oxygens (including phenoxy) is 1. The molecule has 0 spiro atoms. The Bertz CT molecular complexity index is 858. The molecule has 1 heterocycles. The van der Waals surface area contributed by atoms with E-state index >= 15 is 0 Å². The Hall–Kier alpha value is -3.21. The van der Waals surface area contributed by atoms with E-state index in [1.807, 2.05) is 54.6 Å². The van der Waals surface area contributed by atoms with Gasteiger partial charge >= 0.3 is 5.97 Å². The number of hydrogen-bond donors (Lipinski definition) is 0. The molecule has 1 aliphatic heterocycles. The van der Waals surface area contributed by atoms with Gasteiger partial charge in [0.25, 0.3) is 0 Å². The summed E-state index contributed by atoms with van der Waals surface area (Å²) in [6, 6.07) is 16.7. The number of esters is 1. The first-order valence-electron chi connectivity index (χ1n) is 9.87. The van der Waals surface area contributed by atoms with Crippen molar-refractivity contribution in [2.45, 2.75) is 38.3 Å². The van der Waals surface area contributed by atoms with Gasteiger partial charge in [-0.3, -0.25) is 14.4 Å². The molecule has 0 unspecified atom stereocenters. The molecular formula is C24H25NO4. The average molecular weight is 391 g/mol. The van der Waals surface area contributed by atoms with Gasteiger partial charge in [0.15, 0.2) is 0 Å². The van der Waals surface area contributed by atoms with Gasteiger partial charge in [-0.25, -0.2) is 0 Å². The number of cyclic esters (lactones) is 1. The van der Waals surface area contributed by atoms with Gasteiger partial charge in [0.1, 0.15) is 12.4 Å². The minimum Gasteiger partial charge on any atom is -0.456 e. The van der Waals surface area contributed by atoms with Crippen molar-refractivity contribution in [1.29, 1.82) is 0 Å². The molecule has 3 rings (SSSR count). The van der Waals surface area contributed by atoms with Crippen molar-refractivity contribution in [3.8, 4) is 0 Å². The summed E-state index contributed by atoms with van der Waals surface area (Å²) in [5.74, 6) is -0.265. The molecule has 0 aromatic heterocycles. The topological polar surface area (TPSA) is 63.7 Å². The normalized spacial score (nSPS) is 19.6. The number of amides is 1. The van der Waals surface area contributed by atoms with Crippen molar-refractivity contribution < 1.29 is 19.1 Å². The van der Waals surface area contributed by atoms with Crippen LogP contribution in [0.15, 0.2) is 66.7 Å². The van der Waals surface area contributed by atoms with Gasteiger partial charge in [-0.1, -0.05) is 66.7 Å². The fourth-order valence-electron chi connectivity index (χ4n) is 3.27. The predicted molar refractivity (Wildman–Crippen MR) is 110 cm³/mol. The number of carbonyl (C=O) groups excluding carboxylic acids is 3. The van der Waals surface area contributed by atoms with E-state index in [0.717, 1.165) is 17.4 Å². The van der Waals surface area contributed by atoms with Crippen LogP contribution in [0, 0.1) is 0 Å². The third-order valence-corrected chi connectivity index (χ3v) is 4.88. The maximum atomic E-state index is 12.9. The van der Waals surface area contributed by atoms with Crippen molar-refractivity contribution in [3.05, 3.63) is 83.4 Å². The third-order valence-electron chi connectivity index (χ3n) is 4.88. The largest absolute Gasteiger partial charge is 0.456 e. The van der Waals surface area contributed by atoms with Crippen molar-refractivity contribution in [3.63, 3.8) is 0 Å². The zero-order chi connectivity index (χ0) is 20.5. The second kappa shape index (κ2) is 10.4. The molecule has 5 heteroatoms. The smallest absolute Gasteiger partial charge is 0.306 e. The van der Waals surface area contributed by atoms with Crippen LogP contribution in [-0.2, 0) is 20.9 Å². The Morgan fingerprint density at radius 2 is 1.62 bits per heavy atom. The monoisotopic (exact) mass is 391 g/mol. The molecule has 5 nitrogen and oxygen atoms in total. The number of nitrogens with zero attached hydrogens (tertiary/aromatic N) is 1. The van der Waals surface area contributed by atoms with Gasteiger partial charge in [0.2, 0.25) is 5.91 Å². The van der Waals surface area contributed by atoms with E-state index in [-0.39, 0.29) is 18.4 Å². The molecule has 29 heavy (non-hydrogen) atoms. The Morgan fingerprint density at radius 3 is 2.31 bits per heavy atom.